The fourth-order valence-electron chi connectivity index (χ4n) is 2.80. The van der Waals surface area contributed by atoms with E-state index < -0.39 is 10.7 Å². The highest BCUT2D eigenvalue weighted by Gasteiger charge is 2.31. The molecule has 1 fully saturated rings. The van der Waals surface area contributed by atoms with Crippen LogP contribution in [0.5, 0.6) is 11.5 Å². The van der Waals surface area contributed by atoms with Crippen LogP contribution < -0.4 is 9.84 Å². The summed E-state index contributed by atoms with van der Waals surface area (Å²) in [4.78, 5) is 25.1. The fraction of sp³-hybridized carbons (Fsp3) is 0.200. The van der Waals surface area contributed by atoms with Gasteiger partial charge in [0.1, 0.15) is 10.1 Å². The number of non-ortho nitro benzene ring substituents is 1. The molecule has 1 aliphatic rings. The van der Waals surface area contributed by atoms with Gasteiger partial charge < -0.3 is 9.84 Å². The summed E-state index contributed by atoms with van der Waals surface area (Å²) in [6.07, 6.45) is 1.98. The molecule has 0 unspecified atom stereocenters. The molecule has 0 aromatic heterocycles. The molecule has 0 N–H and O–H groups in total. The van der Waals surface area contributed by atoms with E-state index in [-0.39, 0.29) is 34.4 Å². The Kier molecular flexibility index (Phi) is 6.50. The zero-order valence-corrected chi connectivity index (χ0v) is 17.1. The zero-order valence-electron chi connectivity index (χ0n) is 15.5. The zero-order chi connectivity index (χ0) is 21.0. The summed E-state index contributed by atoms with van der Waals surface area (Å²) in [6.45, 7) is 2.28. The number of hydrogen-bond acceptors (Lipinski definition) is 7. The van der Waals surface area contributed by atoms with Gasteiger partial charge in [-0.25, -0.2) is 0 Å². The van der Waals surface area contributed by atoms with Crippen molar-refractivity contribution < 1.29 is 19.6 Å². The minimum absolute atomic E-state index is 0.0196. The molecule has 1 heterocycles. The number of nitro benzene ring substituents is 1. The van der Waals surface area contributed by atoms with E-state index in [0.29, 0.717) is 17.3 Å². The second-order valence-electron chi connectivity index (χ2n) is 6.12. The van der Waals surface area contributed by atoms with Gasteiger partial charge in [0, 0.05) is 12.6 Å². The van der Waals surface area contributed by atoms with Gasteiger partial charge in [-0.15, -0.1) is 0 Å². The largest absolute Gasteiger partial charge is 0.870 e. The van der Waals surface area contributed by atoms with Crippen LogP contribution in [0.25, 0.3) is 6.08 Å². The van der Waals surface area contributed by atoms with Gasteiger partial charge in [0.15, 0.2) is 0 Å². The van der Waals surface area contributed by atoms with Gasteiger partial charge in [0.05, 0.1) is 22.5 Å². The first-order valence-corrected chi connectivity index (χ1v) is 10.0. The van der Waals surface area contributed by atoms with Crippen molar-refractivity contribution in [2.75, 3.05) is 13.2 Å². The van der Waals surface area contributed by atoms with Gasteiger partial charge in [-0.1, -0.05) is 60.1 Å². The van der Waals surface area contributed by atoms with Crippen LogP contribution in [0.4, 0.5) is 5.69 Å². The maximum absolute atomic E-state index is 12.8. The van der Waals surface area contributed by atoms with Crippen molar-refractivity contribution in [3.05, 3.63) is 68.6 Å². The minimum atomic E-state index is -0.607. The maximum atomic E-state index is 12.8. The molecule has 7 nitrogen and oxygen atoms in total. The highest BCUT2D eigenvalue weighted by atomic mass is 32.2. The lowest BCUT2D eigenvalue weighted by atomic mass is 10.1. The molecule has 0 bridgehead atoms. The molecule has 0 radical (unpaired) electrons. The second kappa shape index (κ2) is 9.06. The summed E-state index contributed by atoms with van der Waals surface area (Å²) < 4.78 is 5.60. The monoisotopic (exact) mass is 429 g/mol. The highest BCUT2D eigenvalue weighted by Crippen LogP contribution is 2.38. The fourth-order valence-corrected chi connectivity index (χ4v) is 4.10. The van der Waals surface area contributed by atoms with Crippen molar-refractivity contribution in [1.82, 2.24) is 4.90 Å². The first kappa shape index (κ1) is 20.8. The van der Waals surface area contributed by atoms with Crippen molar-refractivity contribution in [3.63, 3.8) is 0 Å². The molecule has 0 spiro atoms. The number of thiocarbonyl (C=S) groups is 1. The van der Waals surface area contributed by atoms with Crippen LogP contribution in [0.1, 0.15) is 18.1 Å². The lowest BCUT2D eigenvalue weighted by molar-refractivity contribution is -0.385. The third-order valence-electron chi connectivity index (χ3n) is 4.21. The van der Waals surface area contributed by atoms with Gasteiger partial charge in [-0.2, -0.15) is 0 Å². The molecular formula is C20H17N2O5S2-. The number of carbonyl (C=O) groups is 1. The molecule has 3 rings (SSSR count). The Balaban J connectivity index is 1.86. The summed E-state index contributed by atoms with van der Waals surface area (Å²) >= 11 is 6.38. The maximum Gasteiger partial charge on any atom is 0.273 e. The van der Waals surface area contributed by atoms with Crippen LogP contribution in [0.2, 0.25) is 0 Å². The summed E-state index contributed by atoms with van der Waals surface area (Å²) in [5.74, 6) is -0.945. The number of carbonyl (C=O) groups excluding carboxylic acids is 1. The number of hydrogen-bond donors (Lipinski definition) is 0. The van der Waals surface area contributed by atoms with Gasteiger partial charge in [0.25, 0.3) is 11.6 Å². The molecule has 0 atom stereocenters. The average Bonchev–Trinajstić information content (AvgIpc) is 2.96. The van der Waals surface area contributed by atoms with Crippen molar-refractivity contribution in [3.8, 4) is 11.5 Å². The van der Waals surface area contributed by atoms with Crippen molar-refractivity contribution in [1.29, 1.82) is 0 Å². The van der Waals surface area contributed by atoms with Crippen molar-refractivity contribution in [2.45, 2.75) is 13.3 Å². The van der Waals surface area contributed by atoms with Crippen molar-refractivity contribution >= 4 is 46.0 Å². The molecule has 0 aliphatic carbocycles. The lowest BCUT2D eigenvalue weighted by Crippen LogP contribution is -2.30. The summed E-state index contributed by atoms with van der Waals surface area (Å²) in [5, 5.41) is 23.7. The molecule has 9 heteroatoms. The Bertz CT molecular complexity index is 992. The van der Waals surface area contributed by atoms with Crippen LogP contribution in [-0.4, -0.2) is 33.2 Å². The quantitative estimate of drug-likeness (QED) is 0.288. The third kappa shape index (κ3) is 4.75. The molecule has 1 saturated heterocycles. The molecule has 1 amide bonds. The van der Waals surface area contributed by atoms with E-state index in [0.717, 1.165) is 29.5 Å². The normalized spacial score (nSPS) is 15.2. The Morgan fingerprint density at radius 2 is 2.00 bits per heavy atom. The molecule has 150 valence electrons. The van der Waals surface area contributed by atoms with Gasteiger partial charge in [-0.3, -0.25) is 19.8 Å². The number of thioether (sulfide) groups is 1. The number of amides is 1. The Morgan fingerprint density at radius 3 is 2.66 bits per heavy atom. The second-order valence-corrected chi connectivity index (χ2v) is 7.80. The summed E-state index contributed by atoms with van der Waals surface area (Å²) in [5.41, 5.74) is 0.817. The first-order valence-electron chi connectivity index (χ1n) is 8.82. The average molecular weight is 429 g/mol. The molecule has 1 aliphatic heterocycles. The number of benzene rings is 2. The smallest absolute Gasteiger partial charge is 0.273 e. The minimum Gasteiger partial charge on any atom is -0.870 e. The van der Waals surface area contributed by atoms with Gasteiger partial charge in [0.2, 0.25) is 0 Å². The number of nitrogens with zero attached hydrogens (tertiary/aromatic N) is 2. The van der Waals surface area contributed by atoms with E-state index in [1.54, 1.807) is 6.92 Å². The van der Waals surface area contributed by atoms with Gasteiger partial charge in [-0.05, 0) is 30.5 Å². The van der Waals surface area contributed by atoms with Crippen LogP contribution >= 0.6 is 24.0 Å². The number of nitro groups is 1. The van der Waals surface area contributed by atoms with Crippen LogP contribution in [-0.2, 0) is 11.2 Å². The van der Waals surface area contributed by atoms with Crippen LogP contribution in [0.15, 0.2) is 47.4 Å². The van der Waals surface area contributed by atoms with Crippen molar-refractivity contribution in [2.24, 2.45) is 0 Å². The molecule has 2 aromatic carbocycles. The highest BCUT2D eigenvalue weighted by molar-refractivity contribution is 8.26. The standard InChI is InChI=1S/C20H18N2O5S2/c1-2-27-16-12-15(22(25)26)10-14(18(16)23)11-17-19(24)21(20(28)29-17)9-8-13-6-4-3-5-7-13/h3-7,10-12,23H,2,8-9H2,1H3/p-1/b17-11+. The molecule has 2 aromatic rings. The Hall–Kier alpha value is -2.91. The lowest BCUT2D eigenvalue weighted by Gasteiger charge is -2.17. The SMILES string of the molecule is CCOc1cc([N+](=O)[O-])cc(/C=C2/SC(=S)N(CCc3ccccc3)C2=O)c1[O-]. The number of ether oxygens (including phenoxy) is 1. The van der Waals surface area contributed by atoms with E-state index >= 15 is 0 Å². The first-order chi connectivity index (χ1) is 13.9. The molecule has 0 saturated carbocycles. The predicted molar refractivity (Wildman–Crippen MR) is 114 cm³/mol. The van der Waals surface area contributed by atoms with E-state index in [1.807, 2.05) is 30.3 Å². The van der Waals surface area contributed by atoms with E-state index in [1.165, 1.54) is 11.0 Å². The van der Waals surface area contributed by atoms with Crippen LogP contribution in [0, 0.1) is 10.1 Å². The van der Waals surface area contributed by atoms with E-state index in [2.05, 4.69) is 0 Å². The molecule has 29 heavy (non-hydrogen) atoms. The number of rotatable bonds is 7. The summed E-state index contributed by atoms with van der Waals surface area (Å²) in [7, 11) is 0. The summed E-state index contributed by atoms with van der Waals surface area (Å²) in [6, 6.07) is 11.9. The van der Waals surface area contributed by atoms with Crippen LogP contribution in [0.3, 0.4) is 0 Å². The van der Waals surface area contributed by atoms with Gasteiger partial charge >= 0.3 is 0 Å². The Morgan fingerprint density at radius 1 is 1.28 bits per heavy atom. The van der Waals surface area contributed by atoms with E-state index in [4.69, 9.17) is 17.0 Å². The third-order valence-corrected chi connectivity index (χ3v) is 5.58. The molecular weight excluding hydrogens is 412 g/mol. The predicted octanol–water partition coefficient (Wildman–Crippen LogP) is 3.51. The topological polar surface area (TPSA) is 95.7 Å². The van der Waals surface area contributed by atoms with E-state index in [9.17, 15) is 20.0 Å². The Labute approximate surface area is 177 Å².